The summed E-state index contributed by atoms with van der Waals surface area (Å²) in [6.07, 6.45) is 20.3. The molecule has 1 heteroatoms. The lowest BCUT2D eigenvalue weighted by molar-refractivity contribution is 0.479. The molecule has 0 nitrogen and oxygen atoms in total. The third-order valence-electron chi connectivity index (χ3n) is 9.73. The van der Waals surface area contributed by atoms with Crippen molar-refractivity contribution in [2.45, 2.75) is 70.6 Å². The maximum Gasteiger partial charge on any atom is 0.0553 e. The second-order valence-electron chi connectivity index (χ2n) is 11.9. The van der Waals surface area contributed by atoms with Crippen LogP contribution in [0.4, 0.5) is 0 Å². The minimum absolute atomic E-state index is 0.708. The van der Waals surface area contributed by atoms with Gasteiger partial charge in [0.1, 0.15) is 0 Å². The van der Waals surface area contributed by atoms with Crippen molar-refractivity contribution < 1.29 is 0 Å². The summed E-state index contributed by atoms with van der Waals surface area (Å²) in [6.45, 7) is 13.1. The SMILES string of the molecule is CCCC1=CC=CC2C1CC(C)C2[Si](C)(C)C1C(C)CC2C(c3ccccc3)=CC=CC21. The van der Waals surface area contributed by atoms with Crippen LogP contribution in [-0.4, -0.2) is 8.07 Å². The van der Waals surface area contributed by atoms with E-state index in [9.17, 15) is 0 Å². The van der Waals surface area contributed by atoms with Crippen LogP contribution in [0, 0.1) is 35.5 Å². The van der Waals surface area contributed by atoms with E-state index in [-0.39, 0.29) is 0 Å². The van der Waals surface area contributed by atoms with Crippen molar-refractivity contribution in [2.75, 3.05) is 0 Å². The Morgan fingerprint density at radius 2 is 1.41 bits per heavy atom. The van der Waals surface area contributed by atoms with Crippen LogP contribution in [0.1, 0.15) is 52.0 Å². The predicted octanol–water partition coefficient (Wildman–Crippen LogP) is 8.93. The zero-order valence-electron chi connectivity index (χ0n) is 20.8. The van der Waals surface area contributed by atoms with Crippen LogP contribution in [0.15, 0.2) is 72.4 Å². The summed E-state index contributed by atoms with van der Waals surface area (Å²) in [7, 11) is -1.52. The standard InChI is InChI=1S/C31H42Si/c1-6-12-23-15-10-17-26-28(23)19-21(2)30(26)32(4,5)31-22(3)20-29-25(16-11-18-27(29)31)24-13-8-7-9-14-24/h7-11,13-18,21-22,26-31H,6,12,19-20H2,1-5H3. The Bertz CT molecular complexity index is 946. The van der Waals surface area contributed by atoms with Crippen molar-refractivity contribution >= 4 is 13.6 Å². The fourth-order valence-electron chi connectivity index (χ4n) is 8.93. The van der Waals surface area contributed by atoms with Gasteiger partial charge in [0.25, 0.3) is 0 Å². The van der Waals surface area contributed by atoms with Gasteiger partial charge in [-0.2, -0.15) is 0 Å². The molecule has 1 aromatic carbocycles. The fourth-order valence-corrected chi connectivity index (χ4v) is 15.3. The molecule has 4 aliphatic rings. The summed E-state index contributed by atoms with van der Waals surface area (Å²) >= 11 is 0. The molecule has 0 saturated heterocycles. The van der Waals surface area contributed by atoms with Crippen molar-refractivity contribution in [3.8, 4) is 0 Å². The molecule has 32 heavy (non-hydrogen) atoms. The quantitative estimate of drug-likeness (QED) is 0.399. The Labute approximate surface area is 197 Å². The summed E-state index contributed by atoms with van der Waals surface area (Å²) < 4.78 is 0. The average molecular weight is 443 g/mol. The molecule has 0 aliphatic heterocycles. The first-order chi connectivity index (χ1) is 15.4. The van der Waals surface area contributed by atoms with Gasteiger partial charge in [-0.25, -0.2) is 0 Å². The van der Waals surface area contributed by atoms with Crippen molar-refractivity contribution in [1.29, 1.82) is 0 Å². The molecular formula is C31H42Si. The number of allylic oxidation sites excluding steroid dienone is 8. The van der Waals surface area contributed by atoms with Gasteiger partial charge in [-0.05, 0) is 77.0 Å². The lowest BCUT2D eigenvalue weighted by Gasteiger charge is -2.46. The van der Waals surface area contributed by atoms with Crippen LogP contribution in [0.25, 0.3) is 5.57 Å². The number of hydrogen-bond acceptors (Lipinski definition) is 0. The van der Waals surface area contributed by atoms with Crippen LogP contribution in [-0.2, 0) is 0 Å². The molecule has 2 fully saturated rings. The molecule has 0 heterocycles. The Hall–Kier alpha value is -1.60. The maximum atomic E-state index is 2.78. The van der Waals surface area contributed by atoms with E-state index in [0.29, 0.717) is 5.92 Å². The molecule has 0 bridgehead atoms. The van der Waals surface area contributed by atoms with E-state index in [0.717, 1.165) is 40.7 Å². The number of fused-ring (bicyclic) bond motifs is 2. The van der Waals surface area contributed by atoms with Gasteiger partial charge >= 0.3 is 0 Å². The Morgan fingerprint density at radius 3 is 2.06 bits per heavy atom. The van der Waals surface area contributed by atoms with Gasteiger partial charge in [0.2, 0.25) is 0 Å². The maximum absolute atomic E-state index is 2.78. The normalized spacial score (nSPS) is 38.3. The molecule has 0 aromatic heterocycles. The van der Waals surface area contributed by atoms with Gasteiger partial charge in [-0.1, -0.05) is 113 Å². The molecular weight excluding hydrogens is 400 g/mol. The van der Waals surface area contributed by atoms with Crippen LogP contribution >= 0.6 is 0 Å². The fraction of sp³-hybridized carbons (Fsp3) is 0.548. The van der Waals surface area contributed by atoms with Gasteiger partial charge in [0, 0.05) is 0 Å². The van der Waals surface area contributed by atoms with E-state index in [1.165, 1.54) is 31.2 Å². The van der Waals surface area contributed by atoms with Crippen LogP contribution in [0.3, 0.4) is 0 Å². The van der Waals surface area contributed by atoms with E-state index >= 15 is 0 Å². The smallest absolute Gasteiger partial charge is 0.0553 e. The summed E-state index contributed by atoms with van der Waals surface area (Å²) in [5, 5.41) is 0. The van der Waals surface area contributed by atoms with E-state index in [2.05, 4.69) is 101 Å². The van der Waals surface area contributed by atoms with Crippen molar-refractivity contribution in [2.24, 2.45) is 35.5 Å². The summed E-state index contributed by atoms with van der Waals surface area (Å²) in [5.74, 6) is 4.74. The monoisotopic (exact) mass is 442 g/mol. The first kappa shape index (κ1) is 22.2. The Kier molecular flexibility index (Phi) is 5.99. The molecule has 0 radical (unpaired) electrons. The average Bonchev–Trinajstić information content (AvgIpc) is 3.31. The van der Waals surface area contributed by atoms with Crippen LogP contribution in [0.5, 0.6) is 0 Å². The second-order valence-corrected chi connectivity index (χ2v) is 16.9. The van der Waals surface area contributed by atoms with Crippen molar-refractivity contribution in [3.63, 3.8) is 0 Å². The minimum atomic E-state index is -1.52. The first-order valence-electron chi connectivity index (χ1n) is 13.2. The predicted molar refractivity (Wildman–Crippen MR) is 142 cm³/mol. The highest BCUT2D eigenvalue weighted by molar-refractivity contribution is 6.80. The molecule has 170 valence electrons. The van der Waals surface area contributed by atoms with Gasteiger partial charge in [-0.3, -0.25) is 0 Å². The van der Waals surface area contributed by atoms with Gasteiger partial charge in [0.15, 0.2) is 0 Å². The Balaban J connectivity index is 1.45. The molecule has 0 amide bonds. The van der Waals surface area contributed by atoms with Crippen LogP contribution < -0.4 is 0 Å². The topological polar surface area (TPSA) is 0 Å². The molecule has 4 aliphatic carbocycles. The molecule has 0 spiro atoms. The van der Waals surface area contributed by atoms with Crippen LogP contribution in [0.2, 0.25) is 24.2 Å². The van der Waals surface area contributed by atoms with Gasteiger partial charge in [-0.15, -0.1) is 0 Å². The van der Waals surface area contributed by atoms with E-state index in [1.807, 2.05) is 0 Å². The minimum Gasteiger partial charge on any atom is -0.0808 e. The highest BCUT2D eigenvalue weighted by Gasteiger charge is 2.57. The molecule has 8 unspecified atom stereocenters. The molecule has 2 saturated carbocycles. The van der Waals surface area contributed by atoms with Crippen molar-refractivity contribution in [1.82, 2.24) is 0 Å². The zero-order valence-corrected chi connectivity index (χ0v) is 21.8. The summed E-state index contributed by atoms with van der Waals surface area (Å²) in [4.78, 5) is 0. The molecule has 0 N–H and O–H groups in total. The number of rotatable bonds is 5. The third kappa shape index (κ3) is 3.56. The zero-order chi connectivity index (χ0) is 22.5. The highest BCUT2D eigenvalue weighted by Crippen LogP contribution is 2.64. The largest absolute Gasteiger partial charge is 0.0808 e. The summed E-state index contributed by atoms with van der Waals surface area (Å²) in [6, 6.07) is 11.2. The van der Waals surface area contributed by atoms with Gasteiger partial charge < -0.3 is 0 Å². The van der Waals surface area contributed by atoms with Gasteiger partial charge in [0.05, 0.1) is 8.07 Å². The number of benzene rings is 1. The molecule has 1 aromatic rings. The summed E-state index contributed by atoms with van der Waals surface area (Å²) in [5.41, 5.74) is 6.59. The lowest BCUT2D eigenvalue weighted by atomic mass is 9.81. The first-order valence-corrected chi connectivity index (χ1v) is 16.4. The second kappa shape index (κ2) is 8.63. The van der Waals surface area contributed by atoms with E-state index < -0.39 is 8.07 Å². The number of hydrogen-bond donors (Lipinski definition) is 0. The third-order valence-corrected chi connectivity index (χ3v) is 15.1. The Morgan fingerprint density at radius 1 is 0.812 bits per heavy atom. The van der Waals surface area contributed by atoms with E-state index in [4.69, 9.17) is 0 Å². The molecule has 5 rings (SSSR count). The van der Waals surface area contributed by atoms with E-state index in [1.54, 1.807) is 11.1 Å². The lowest BCUT2D eigenvalue weighted by Crippen LogP contribution is -2.45. The highest BCUT2D eigenvalue weighted by atomic mass is 28.3. The molecule has 8 atom stereocenters. The van der Waals surface area contributed by atoms with Crippen molar-refractivity contribution in [3.05, 3.63) is 77.9 Å².